The average Bonchev–Trinajstić information content (AvgIpc) is 3.21. The normalized spacial score (nSPS) is 12.5. The van der Waals surface area contributed by atoms with Gasteiger partial charge in [-0.3, -0.25) is 14.4 Å². The van der Waals surface area contributed by atoms with E-state index in [0.29, 0.717) is 22.5 Å². The van der Waals surface area contributed by atoms with Crippen LogP contribution in [0.4, 0.5) is 22.7 Å². The standard InChI is InChI=1S/C29H20N4O5/c34-26(30-20-13-15-22(16-14-20)32-31-21-8-2-1-3-9-21)18-38-29(37)19-7-6-10-23(17-19)33-27(35)24-11-4-5-12-25(24)28(33)36/h1-17H,18H2,(H,30,34). The summed E-state index contributed by atoms with van der Waals surface area (Å²) in [6, 6.07) is 28.4. The van der Waals surface area contributed by atoms with Gasteiger partial charge < -0.3 is 10.1 Å². The Bertz CT molecular complexity index is 1530. The molecule has 9 heteroatoms. The first-order chi connectivity index (χ1) is 18.5. The van der Waals surface area contributed by atoms with Crippen LogP contribution in [0, 0.1) is 0 Å². The highest BCUT2D eigenvalue weighted by Gasteiger charge is 2.36. The van der Waals surface area contributed by atoms with Crippen molar-refractivity contribution < 1.29 is 23.9 Å². The van der Waals surface area contributed by atoms with E-state index in [-0.39, 0.29) is 11.3 Å². The van der Waals surface area contributed by atoms with Crippen molar-refractivity contribution >= 4 is 46.4 Å². The number of hydrogen-bond donors (Lipinski definition) is 1. The van der Waals surface area contributed by atoms with Crippen LogP contribution in [0.3, 0.4) is 0 Å². The molecule has 1 heterocycles. The monoisotopic (exact) mass is 504 g/mol. The van der Waals surface area contributed by atoms with Gasteiger partial charge in [-0.15, -0.1) is 0 Å². The zero-order valence-electron chi connectivity index (χ0n) is 19.9. The maximum Gasteiger partial charge on any atom is 0.338 e. The number of carbonyl (C=O) groups is 4. The average molecular weight is 505 g/mol. The summed E-state index contributed by atoms with van der Waals surface area (Å²) in [5, 5.41) is 10.9. The molecule has 4 aromatic rings. The smallest absolute Gasteiger partial charge is 0.338 e. The largest absolute Gasteiger partial charge is 0.452 e. The predicted octanol–water partition coefficient (Wildman–Crippen LogP) is 5.70. The van der Waals surface area contributed by atoms with E-state index in [1.54, 1.807) is 54.6 Å². The van der Waals surface area contributed by atoms with E-state index >= 15 is 0 Å². The molecule has 38 heavy (non-hydrogen) atoms. The molecule has 0 saturated heterocycles. The van der Waals surface area contributed by atoms with Gasteiger partial charge >= 0.3 is 5.97 Å². The molecule has 0 saturated carbocycles. The Morgan fingerprint density at radius 2 is 1.32 bits per heavy atom. The van der Waals surface area contributed by atoms with Crippen LogP contribution in [0.5, 0.6) is 0 Å². The summed E-state index contributed by atoms with van der Waals surface area (Å²) in [5.74, 6) is -2.24. The molecule has 0 radical (unpaired) electrons. The molecule has 186 valence electrons. The number of fused-ring (bicyclic) bond motifs is 1. The summed E-state index contributed by atoms with van der Waals surface area (Å²) in [5.41, 5.74) is 2.76. The van der Waals surface area contributed by atoms with E-state index in [1.165, 1.54) is 18.2 Å². The van der Waals surface area contributed by atoms with Gasteiger partial charge in [0.1, 0.15) is 0 Å². The van der Waals surface area contributed by atoms with E-state index in [9.17, 15) is 19.2 Å². The van der Waals surface area contributed by atoms with Gasteiger partial charge in [0, 0.05) is 5.69 Å². The van der Waals surface area contributed by atoms with E-state index < -0.39 is 30.3 Å². The second-order valence-corrected chi connectivity index (χ2v) is 8.25. The zero-order chi connectivity index (χ0) is 26.5. The van der Waals surface area contributed by atoms with Gasteiger partial charge in [-0.25, -0.2) is 9.69 Å². The molecule has 3 amide bonds. The van der Waals surface area contributed by atoms with E-state index in [2.05, 4.69) is 15.5 Å². The number of azo groups is 1. The minimum atomic E-state index is -0.768. The number of anilines is 2. The highest BCUT2D eigenvalue weighted by Crippen LogP contribution is 2.29. The number of carbonyl (C=O) groups excluding carboxylic acids is 4. The Balaban J connectivity index is 1.17. The molecule has 4 aromatic carbocycles. The number of ether oxygens (including phenoxy) is 1. The molecule has 9 nitrogen and oxygen atoms in total. The molecule has 0 spiro atoms. The minimum absolute atomic E-state index is 0.0972. The molecule has 1 aliphatic heterocycles. The first kappa shape index (κ1) is 24.3. The maximum atomic E-state index is 12.7. The Kier molecular flexibility index (Phi) is 6.81. The second-order valence-electron chi connectivity index (χ2n) is 8.25. The lowest BCUT2D eigenvalue weighted by Gasteiger charge is -2.14. The Labute approximate surface area is 217 Å². The number of hydrogen-bond acceptors (Lipinski definition) is 7. The van der Waals surface area contributed by atoms with Crippen LogP contribution in [-0.2, 0) is 9.53 Å². The highest BCUT2D eigenvalue weighted by molar-refractivity contribution is 6.34. The second kappa shape index (κ2) is 10.7. The van der Waals surface area contributed by atoms with Crippen LogP contribution in [0.25, 0.3) is 0 Å². The number of esters is 1. The van der Waals surface area contributed by atoms with Crippen LogP contribution in [0.15, 0.2) is 113 Å². The predicted molar refractivity (Wildman–Crippen MR) is 140 cm³/mol. The van der Waals surface area contributed by atoms with Crippen molar-refractivity contribution in [1.29, 1.82) is 0 Å². The fraction of sp³-hybridized carbons (Fsp3) is 0.0345. The molecule has 0 aromatic heterocycles. The maximum absolute atomic E-state index is 12.7. The first-order valence-electron chi connectivity index (χ1n) is 11.6. The van der Waals surface area contributed by atoms with Crippen molar-refractivity contribution in [2.75, 3.05) is 16.8 Å². The number of nitrogens with one attached hydrogen (secondary N) is 1. The topological polar surface area (TPSA) is 118 Å². The zero-order valence-corrected chi connectivity index (χ0v) is 19.9. The molecule has 0 aliphatic carbocycles. The lowest BCUT2D eigenvalue weighted by molar-refractivity contribution is -0.119. The van der Waals surface area contributed by atoms with Gasteiger partial charge in [0.2, 0.25) is 0 Å². The van der Waals surface area contributed by atoms with E-state index in [1.807, 2.05) is 30.3 Å². The molecule has 0 bridgehead atoms. The first-order valence-corrected chi connectivity index (χ1v) is 11.6. The lowest BCUT2D eigenvalue weighted by Crippen LogP contribution is -2.29. The van der Waals surface area contributed by atoms with Crippen LogP contribution < -0.4 is 10.2 Å². The van der Waals surface area contributed by atoms with Crippen molar-refractivity contribution in [2.24, 2.45) is 10.2 Å². The van der Waals surface area contributed by atoms with Gasteiger partial charge in [0.05, 0.1) is 33.8 Å². The molecule has 0 fully saturated rings. The third kappa shape index (κ3) is 5.21. The summed E-state index contributed by atoms with van der Waals surface area (Å²) >= 11 is 0. The van der Waals surface area contributed by atoms with E-state index in [0.717, 1.165) is 10.6 Å². The van der Waals surface area contributed by atoms with Crippen LogP contribution in [-0.4, -0.2) is 30.3 Å². The molecule has 1 N–H and O–H groups in total. The lowest BCUT2D eigenvalue weighted by atomic mass is 10.1. The fourth-order valence-electron chi connectivity index (χ4n) is 3.83. The van der Waals surface area contributed by atoms with Gasteiger partial charge in [-0.2, -0.15) is 10.2 Å². The van der Waals surface area contributed by atoms with Gasteiger partial charge in [-0.05, 0) is 66.7 Å². The number of amides is 3. The number of rotatable bonds is 7. The molecular weight excluding hydrogens is 484 g/mol. The Morgan fingerprint density at radius 1 is 0.711 bits per heavy atom. The van der Waals surface area contributed by atoms with Crippen molar-refractivity contribution in [1.82, 2.24) is 0 Å². The van der Waals surface area contributed by atoms with Crippen LogP contribution in [0.1, 0.15) is 31.1 Å². The summed E-state index contributed by atoms with van der Waals surface area (Å²) in [4.78, 5) is 51.3. The SMILES string of the molecule is O=C(COC(=O)c1cccc(N2C(=O)c3ccccc3C2=O)c1)Nc1ccc(N=Nc2ccccc2)cc1. The Morgan fingerprint density at radius 3 is 1.97 bits per heavy atom. The molecular formula is C29H20N4O5. The van der Waals surface area contributed by atoms with E-state index in [4.69, 9.17) is 4.74 Å². The summed E-state index contributed by atoms with van der Waals surface area (Å²) in [7, 11) is 0. The third-order valence-electron chi connectivity index (χ3n) is 5.66. The third-order valence-corrected chi connectivity index (χ3v) is 5.66. The molecule has 5 rings (SSSR count). The summed E-state index contributed by atoms with van der Waals surface area (Å²) in [6.45, 7) is -0.522. The van der Waals surface area contributed by atoms with Crippen molar-refractivity contribution in [3.05, 3.63) is 120 Å². The van der Waals surface area contributed by atoms with Crippen LogP contribution >= 0.6 is 0 Å². The van der Waals surface area contributed by atoms with Crippen molar-refractivity contribution in [2.45, 2.75) is 0 Å². The molecule has 0 unspecified atom stereocenters. The number of imide groups is 1. The Hall–Kier alpha value is -5.44. The number of nitrogens with zero attached hydrogens (tertiary/aromatic N) is 3. The minimum Gasteiger partial charge on any atom is -0.452 e. The quantitative estimate of drug-likeness (QED) is 0.197. The summed E-state index contributed by atoms with van der Waals surface area (Å²) < 4.78 is 5.13. The number of benzene rings is 4. The van der Waals surface area contributed by atoms with Crippen LogP contribution in [0.2, 0.25) is 0 Å². The van der Waals surface area contributed by atoms with Gasteiger partial charge in [0.15, 0.2) is 6.61 Å². The van der Waals surface area contributed by atoms with Crippen molar-refractivity contribution in [3.8, 4) is 0 Å². The molecule has 1 aliphatic rings. The van der Waals surface area contributed by atoms with Crippen molar-refractivity contribution in [3.63, 3.8) is 0 Å². The van der Waals surface area contributed by atoms with Gasteiger partial charge in [-0.1, -0.05) is 36.4 Å². The highest BCUT2D eigenvalue weighted by atomic mass is 16.5. The summed E-state index contributed by atoms with van der Waals surface area (Å²) in [6.07, 6.45) is 0. The molecule has 0 atom stereocenters. The van der Waals surface area contributed by atoms with Gasteiger partial charge in [0.25, 0.3) is 17.7 Å². The fourth-order valence-corrected chi connectivity index (χ4v) is 3.83.